The van der Waals surface area contributed by atoms with Crippen molar-refractivity contribution in [1.82, 2.24) is 10.3 Å². The van der Waals surface area contributed by atoms with E-state index in [1.54, 1.807) is 12.1 Å². The van der Waals surface area contributed by atoms with Crippen molar-refractivity contribution in [1.29, 1.82) is 0 Å². The third kappa shape index (κ3) is 4.60. The molecule has 1 saturated carbocycles. The van der Waals surface area contributed by atoms with Crippen LogP contribution in [0.15, 0.2) is 42.5 Å². The van der Waals surface area contributed by atoms with Crippen LogP contribution >= 0.6 is 11.6 Å². The maximum absolute atomic E-state index is 13.4. The van der Waals surface area contributed by atoms with Crippen molar-refractivity contribution in [3.05, 3.63) is 64.3 Å². The van der Waals surface area contributed by atoms with Crippen LogP contribution in [0.3, 0.4) is 0 Å². The van der Waals surface area contributed by atoms with Crippen molar-refractivity contribution < 1.29 is 27.6 Å². The van der Waals surface area contributed by atoms with Crippen LogP contribution in [0.4, 0.5) is 24.5 Å². The standard InChI is InChI=1S/C25H20ClF3N4O3/c26-12-4-9-18-17(10-12)19(11-20(32-18)25(27,28)29)30-13-5-7-14(8-6-13)31-23(35)16-3-1-2-15-21(16)33-24(36)22(15)34/h1-4,9-11,13-14H,5-8H2,(H,30,32)(H,31,35)(H,33,34,36). The second kappa shape index (κ2) is 9.09. The molecule has 0 radical (unpaired) electrons. The number of fused-ring (bicyclic) bond motifs is 2. The van der Waals surface area contributed by atoms with E-state index in [0.29, 0.717) is 41.8 Å². The number of carbonyl (C=O) groups is 3. The predicted molar refractivity (Wildman–Crippen MR) is 128 cm³/mol. The molecule has 2 aliphatic rings. The Morgan fingerprint density at radius 2 is 1.75 bits per heavy atom. The molecular formula is C25H20ClF3N4O3. The summed E-state index contributed by atoms with van der Waals surface area (Å²) < 4.78 is 40.2. The third-order valence-electron chi connectivity index (χ3n) is 6.48. The second-order valence-corrected chi connectivity index (χ2v) is 9.33. The van der Waals surface area contributed by atoms with Crippen LogP contribution < -0.4 is 16.0 Å². The summed E-state index contributed by atoms with van der Waals surface area (Å²) in [6.45, 7) is 0. The van der Waals surface area contributed by atoms with Gasteiger partial charge in [0, 0.05) is 28.2 Å². The summed E-state index contributed by atoms with van der Waals surface area (Å²) in [7, 11) is 0. The molecule has 11 heteroatoms. The zero-order chi connectivity index (χ0) is 25.6. The monoisotopic (exact) mass is 516 g/mol. The number of Topliss-reactive ketones (excluding diaryl/α,β-unsaturated/α-hetero) is 1. The Balaban J connectivity index is 1.27. The van der Waals surface area contributed by atoms with Gasteiger partial charge < -0.3 is 16.0 Å². The molecule has 0 bridgehead atoms. The van der Waals surface area contributed by atoms with E-state index in [9.17, 15) is 27.6 Å². The van der Waals surface area contributed by atoms with E-state index in [1.165, 1.54) is 24.3 Å². The number of pyridine rings is 1. The quantitative estimate of drug-likeness (QED) is 0.414. The first kappa shape index (κ1) is 24.1. The van der Waals surface area contributed by atoms with Crippen LogP contribution in [0.5, 0.6) is 0 Å². The average Bonchev–Trinajstić information content (AvgIpc) is 3.13. The summed E-state index contributed by atoms with van der Waals surface area (Å²) in [6.07, 6.45) is -2.18. The molecule has 186 valence electrons. The number of alkyl halides is 3. The number of amides is 2. The largest absolute Gasteiger partial charge is 0.433 e. The summed E-state index contributed by atoms with van der Waals surface area (Å²) in [6, 6.07) is 9.85. The Morgan fingerprint density at radius 3 is 2.47 bits per heavy atom. The summed E-state index contributed by atoms with van der Waals surface area (Å²) in [5, 5.41) is 9.50. The van der Waals surface area contributed by atoms with E-state index < -0.39 is 29.5 Å². The van der Waals surface area contributed by atoms with Gasteiger partial charge in [0.15, 0.2) is 0 Å². The van der Waals surface area contributed by atoms with E-state index in [1.807, 2.05) is 0 Å². The Morgan fingerprint density at radius 1 is 1.03 bits per heavy atom. The van der Waals surface area contributed by atoms with Crippen molar-refractivity contribution in [3.8, 4) is 0 Å². The fourth-order valence-electron chi connectivity index (χ4n) is 4.69. The molecule has 0 atom stereocenters. The van der Waals surface area contributed by atoms with Gasteiger partial charge in [-0.2, -0.15) is 13.2 Å². The number of hydrogen-bond acceptors (Lipinski definition) is 5. The molecule has 0 saturated heterocycles. The highest BCUT2D eigenvalue weighted by molar-refractivity contribution is 6.52. The molecule has 2 heterocycles. The van der Waals surface area contributed by atoms with Crippen LogP contribution in [0.25, 0.3) is 10.9 Å². The van der Waals surface area contributed by atoms with Crippen molar-refractivity contribution >= 4 is 51.5 Å². The molecule has 1 aliphatic heterocycles. The molecule has 5 rings (SSSR count). The lowest BCUT2D eigenvalue weighted by Crippen LogP contribution is -2.40. The summed E-state index contributed by atoms with van der Waals surface area (Å²) >= 11 is 6.07. The minimum absolute atomic E-state index is 0.110. The summed E-state index contributed by atoms with van der Waals surface area (Å²) in [5.41, 5.74) is 0.113. The lowest BCUT2D eigenvalue weighted by molar-refractivity contribution is -0.140. The maximum atomic E-state index is 13.4. The Bertz CT molecular complexity index is 1400. The number of anilines is 2. The molecule has 1 aromatic heterocycles. The zero-order valence-corrected chi connectivity index (χ0v) is 19.5. The average molecular weight is 517 g/mol. The number of carbonyl (C=O) groups excluding carboxylic acids is 3. The van der Waals surface area contributed by atoms with E-state index in [0.717, 1.165) is 6.07 Å². The minimum atomic E-state index is -4.59. The Kier molecular flexibility index (Phi) is 6.07. The molecule has 7 nitrogen and oxygen atoms in total. The topological polar surface area (TPSA) is 100 Å². The van der Waals surface area contributed by atoms with E-state index in [-0.39, 0.29) is 34.4 Å². The van der Waals surface area contributed by atoms with Gasteiger partial charge in [0.05, 0.1) is 22.3 Å². The fraction of sp³-hybridized carbons (Fsp3) is 0.280. The summed E-state index contributed by atoms with van der Waals surface area (Å²) in [4.78, 5) is 40.2. The molecule has 2 aromatic carbocycles. The molecule has 1 aliphatic carbocycles. The van der Waals surface area contributed by atoms with Crippen molar-refractivity contribution in [2.24, 2.45) is 0 Å². The maximum Gasteiger partial charge on any atom is 0.433 e. The van der Waals surface area contributed by atoms with Gasteiger partial charge >= 0.3 is 6.18 Å². The van der Waals surface area contributed by atoms with E-state index in [4.69, 9.17) is 11.6 Å². The highest BCUT2D eigenvalue weighted by Gasteiger charge is 2.34. The molecule has 3 aromatic rings. The molecule has 2 amide bonds. The minimum Gasteiger partial charge on any atom is -0.382 e. The molecule has 3 N–H and O–H groups in total. The number of hydrogen-bond donors (Lipinski definition) is 3. The summed E-state index contributed by atoms with van der Waals surface area (Å²) in [5.74, 6) is -1.84. The predicted octanol–water partition coefficient (Wildman–Crippen LogP) is 5.19. The third-order valence-corrected chi connectivity index (χ3v) is 6.72. The van der Waals surface area contributed by atoms with Gasteiger partial charge in [-0.05, 0) is 62.1 Å². The number of rotatable bonds is 4. The number of para-hydroxylation sites is 1. The second-order valence-electron chi connectivity index (χ2n) is 8.89. The first-order valence-corrected chi connectivity index (χ1v) is 11.7. The van der Waals surface area contributed by atoms with Crippen LogP contribution in [0.1, 0.15) is 52.1 Å². The molecule has 36 heavy (non-hydrogen) atoms. The smallest absolute Gasteiger partial charge is 0.382 e. The SMILES string of the molecule is O=C1Nc2c(C(=O)NC3CCC(Nc4cc(C(F)(F)F)nc5ccc(Cl)cc45)CC3)cccc2C1=O. The number of nitrogens with zero attached hydrogens (tertiary/aromatic N) is 1. The van der Waals surface area contributed by atoms with Gasteiger partial charge in [-0.25, -0.2) is 4.98 Å². The van der Waals surface area contributed by atoms with Crippen molar-refractivity contribution in [3.63, 3.8) is 0 Å². The van der Waals surface area contributed by atoms with E-state index >= 15 is 0 Å². The lowest BCUT2D eigenvalue weighted by atomic mass is 9.90. The number of benzene rings is 2. The molecule has 0 spiro atoms. The first-order chi connectivity index (χ1) is 17.1. The van der Waals surface area contributed by atoms with Gasteiger partial charge in [0.1, 0.15) is 5.69 Å². The van der Waals surface area contributed by atoms with Gasteiger partial charge in [0.2, 0.25) is 0 Å². The molecule has 0 unspecified atom stereocenters. The highest BCUT2D eigenvalue weighted by Crippen LogP contribution is 2.35. The Labute approximate surface area is 208 Å². The van der Waals surface area contributed by atoms with Crippen LogP contribution in [0.2, 0.25) is 5.02 Å². The molecular weight excluding hydrogens is 497 g/mol. The zero-order valence-electron chi connectivity index (χ0n) is 18.7. The number of halogens is 4. The number of aromatic nitrogens is 1. The van der Waals surface area contributed by atoms with Crippen LogP contribution in [-0.2, 0) is 11.0 Å². The normalized spacial score (nSPS) is 19.7. The van der Waals surface area contributed by atoms with Crippen LogP contribution in [-0.4, -0.2) is 34.7 Å². The van der Waals surface area contributed by atoms with Crippen molar-refractivity contribution in [2.45, 2.75) is 43.9 Å². The fourth-order valence-corrected chi connectivity index (χ4v) is 4.86. The lowest BCUT2D eigenvalue weighted by Gasteiger charge is -2.31. The van der Waals surface area contributed by atoms with Gasteiger partial charge in [0.25, 0.3) is 17.6 Å². The molecule has 1 fully saturated rings. The highest BCUT2D eigenvalue weighted by atomic mass is 35.5. The Hall–Kier alpha value is -3.66. The van der Waals surface area contributed by atoms with Gasteiger partial charge in [-0.1, -0.05) is 17.7 Å². The van der Waals surface area contributed by atoms with Gasteiger partial charge in [-0.3, -0.25) is 14.4 Å². The van der Waals surface area contributed by atoms with E-state index in [2.05, 4.69) is 20.9 Å². The van der Waals surface area contributed by atoms with Crippen molar-refractivity contribution in [2.75, 3.05) is 10.6 Å². The number of nitrogens with one attached hydrogen (secondary N) is 3. The number of ketones is 1. The van der Waals surface area contributed by atoms with Crippen LogP contribution in [0, 0.1) is 0 Å². The first-order valence-electron chi connectivity index (χ1n) is 11.3. The van der Waals surface area contributed by atoms with Gasteiger partial charge in [-0.15, -0.1) is 0 Å².